The van der Waals surface area contributed by atoms with Gasteiger partial charge in [0.1, 0.15) is 0 Å². The quantitative estimate of drug-likeness (QED) is 0.416. The van der Waals surface area contributed by atoms with Crippen LogP contribution in [0.4, 0.5) is 18.9 Å². The number of benzene rings is 2. The molecule has 2 aromatic carbocycles. The minimum atomic E-state index is -4.57. The number of aromatic nitrogens is 2. The number of carbonyl (C=O) groups is 1. The van der Waals surface area contributed by atoms with E-state index in [9.17, 15) is 18.0 Å². The summed E-state index contributed by atoms with van der Waals surface area (Å²) >= 11 is 0. The standard InChI is InChI=1S/C25H21F3N4O2/c1-16-22-19(24(33)32-13-11-31(12-14-32)17-7-3-2-4-8-17)15-21(29-23(22)34-30-16)18-9-5-6-10-20(18)25(26,27)28/h2-10,15H,11-14H2,1H3. The molecule has 0 bridgehead atoms. The Morgan fingerprint density at radius 1 is 0.971 bits per heavy atom. The van der Waals surface area contributed by atoms with Crippen molar-refractivity contribution in [2.75, 3.05) is 31.1 Å². The second kappa shape index (κ2) is 8.48. The predicted molar refractivity (Wildman–Crippen MR) is 122 cm³/mol. The monoisotopic (exact) mass is 466 g/mol. The highest BCUT2D eigenvalue weighted by molar-refractivity contribution is 6.07. The van der Waals surface area contributed by atoms with Gasteiger partial charge < -0.3 is 14.3 Å². The van der Waals surface area contributed by atoms with Gasteiger partial charge in [0, 0.05) is 37.4 Å². The molecule has 0 spiro atoms. The van der Waals surface area contributed by atoms with Crippen LogP contribution in [0, 0.1) is 6.92 Å². The first kappa shape index (κ1) is 21.9. The van der Waals surface area contributed by atoms with E-state index in [1.807, 2.05) is 30.3 Å². The zero-order valence-electron chi connectivity index (χ0n) is 18.3. The summed E-state index contributed by atoms with van der Waals surface area (Å²) in [6.07, 6.45) is -4.57. The molecule has 9 heteroatoms. The number of para-hydroxylation sites is 1. The highest BCUT2D eigenvalue weighted by Crippen LogP contribution is 2.38. The Hall–Kier alpha value is -3.88. The fourth-order valence-electron chi connectivity index (χ4n) is 4.33. The minimum absolute atomic E-state index is 0.0165. The van der Waals surface area contributed by atoms with E-state index < -0.39 is 11.7 Å². The maximum atomic E-state index is 13.6. The Labute approximate surface area is 193 Å². The molecule has 0 N–H and O–H groups in total. The maximum absolute atomic E-state index is 13.6. The third kappa shape index (κ3) is 3.98. The number of hydrogen-bond acceptors (Lipinski definition) is 5. The maximum Gasteiger partial charge on any atom is 0.417 e. The number of amides is 1. The summed E-state index contributed by atoms with van der Waals surface area (Å²) in [6, 6.07) is 16.5. The number of anilines is 1. The molecule has 1 fully saturated rings. The summed E-state index contributed by atoms with van der Waals surface area (Å²) in [4.78, 5) is 21.7. The molecule has 3 heterocycles. The molecular weight excluding hydrogens is 445 g/mol. The number of pyridine rings is 1. The number of piperazine rings is 1. The predicted octanol–water partition coefficient (Wildman–Crippen LogP) is 5.18. The third-order valence-electron chi connectivity index (χ3n) is 6.04. The second-order valence-corrected chi connectivity index (χ2v) is 8.16. The van der Waals surface area contributed by atoms with Crippen molar-refractivity contribution >= 4 is 22.7 Å². The van der Waals surface area contributed by atoms with Crippen molar-refractivity contribution < 1.29 is 22.5 Å². The molecule has 1 aliphatic rings. The van der Waals surface area contributed by atoms with E-state index in [1.165, 1.54) is 24.3 Å². The van der Waals surface area contributed by atoms with Crippen molar-refractivity contribution in [3.05, 3.63) is 77.5 Å². The van der Waals surface area contributed by atoms with Crippen LogP contribution < -0.4 is 4.90 Å². The van der Waals surface area contributed by atoms with Crippen LogP contribution in [-0.2, 0) is 6.18 Å². The van der Waals surface area contributed by atoms with E-state index in [4.69, 9.17) is 4.52 Å². The summed E-state index contributed by atoms with van der Waals surface area (Å²) in [6.45, 7) is 3.94. The van der Waals surface area contributed by atoms with Crippen LogP contribution in [0.3, 0.4) is 0 Å². The first-order valence-corrected chi connectivity index (χ1v) is 10.9. The van der Waals surface area contributed by atoms with Crippen LogP contribution in [0.5, 0.6) is 0 Å². The Morgan fingerprint density at radius 2 is 1.65 bits per heavy atom. The van der Waals surface area contributed by atoms with Gasteiger partial charge in [-0.1, -0.05) is 41.6 Å². The number of halogens is 3. The van der Waals surface area contributed by atoms with Crippen molar-refractivity contribution in [3.8, 4) is 11.3 Å². The van der Waals surface area contributed by atoms with Gasteiger partial charge in [-0.25, -0.2) is 4.98 Å². The number of alkyl halides is 3. The first-order valence-electron chi connectivity index (χ1n) is 10.9. The number of carbonyl (C=O) groups excluding carboxylic acids is 1. The van der Waals surface area contributed by atoms with E-state index >= 15 is 0 Å². The average Bonchev–Trinajstić information content (AvgIpc) is 3.24. The van der Waals surface area contributed by atoms with Gasteiger partial charge in [0.2, 0.25) is 0 Å². The van der Waals surface area contributed by atoms with Gasteiger partial charge in [0.15, 0.2) is 0 Å². The first-order chi connectivity index (χ1) is 16.3. The Balaban J connectivity index is 1.51. The highest BCUT2D eigenvalue weighted by Gasteiger charge is 2.34. The summed E-state index contributed by atoms with van der Waals surface area (Å²) in [5, 5.41) is 4.32. The van der Waals surface area contributed by atoms with Crippen LogP contribution in [0.15, 0.2) is 65.2 Å². The molecule has 34 heavy (non-hydrogen) atoms. The Bertz CT molecular complexity index is 1340. The summed E-state index contributed by atoms with van der Waals surface area (Å²) in [7, 11) is 0. The summed E-state index contributed by atoms with van der Waals surface area (Å²) in [5.74, 6) is -0.280. The number of aryl methyl sites for hydroxylation is 1. The summed E-state index contributed by atoms with van der Waals surface area (Å²) < 4.78 is 46.2. The molecule has 1 saturated heterocycles. The molecule has 5 rings (SSSR count). The van der Waals surface area contributed by atoms with E-state index in [1.54, 1.807) is 11.8 Å². The lowest BCUT2D eigenvalue weighted by Crippen LogP contribution is -2.48. The molecule has 0 saturated carbocycles. The van der Waals surface area contributed by atoms with Gasteiger partial charge in [0.25, 0.3) is 11.6 Å². The molecule has 0 unspecified atom stereocenters. The third-order valence-corrected chi connectivity index (χ3v) is 6.04. The van der Waals surface area contributed by atoms with E-state index in [2.05, 4.69) is 15.0 Å². The fraction of sp³-hybridized carbons (Fsp3) is 0.240. The van der Waals surface area contributed by atoms with Crippen LogP contribution in [0.25, 0.3) is 22.4 Å². The lowest BCUT2D eigenvalue weighted by molar-refractivity contribution is -0.137. The van der Waals surface area contributed by atoms with Crippen LogP contribution in [0.1, 0.15) is 21.6 Å². The topological polar surface area (TPSA) is 62.5 Å². The highest BCUT2D eigenvalue weighted by atomic mass is 19.4. The SMILES string of the molecule is Cc1noc2nc(-c3ccccc3C(F)(F)F)cc(C(=O)N3CCN(c4ccccc4)CC3)c12. The molecule has 0 atom stereocenters. The minimum Gasteiger partial charge on any atom is -0.368 e. The van der Waals surface area contributed by atoms with Crippen molar-refractivity contribution in [1.29, 1.82) is 0 Å². The number of hydrogen-bond donors (Lipinski definition) is 0. The molecule has 1 amide bonds. The Kier molecular flexibility index (Phi) is 5.47. The van der Waals surface area contributed by atoms with Crippen LogP contribution in [0.2, 0.25) is 0 Å². The van der Waals surface area contributed by atoms with Gasteiger partial charge >= 0.3 is 6.18 Å². The normalized spacial score (nSPS) is 14.6. The second-order valence-electron chi connectivity index (χ2n) is 8.16. The Morgan fingerprint density at radius 3 is 2.35 bits per heavy atom. The lowest BCUT2D eigenvalue weighted by Gasteiger charge is -2.36. The lowest BCUT2D eigenvalue weighted by atomic mass is 10.00. The van der Waals surface area contributed by atoms with Gasteiger partial charge in [0.05, 0.1) is 27.9 Å². The van der Waals surface area contributed by atoms with Gasteiger partial charge in [-0.15, -0.1) is 0 Å². The van der Waals surface area contributed by atoms with Crippen molar-refractivity contribution in [2.24, 2.45) is 0 Å². The molecule has 1 aliphatic heterocycles. The molecule has 4 aromatic rings. The molecule has 0 radical (unpaired) electrons. The summed E-state index contributed by atoms with van der Waals surface area (Å²) in [5.41, 5.74) is 0.901. The molecule has 2 aromatic heterocycles. The average molecular weight is 466 g/mol. The zero-order chi connectivity index (χ0) is 23.9. The molecule has 6 nitrogen and oxygen atoms in total. The molecule has 174 valence electrons. The smallest absolute Gasteiger partial charge is 0.368 e. The number of rotatable bonds is 3. The van der Waals surface area contributed by atoms with Gasteiger partial charge in [-0.2, -0.15) is 13.2 Å². The van der Waals surface area contributed by atoms with Crippen LogP contribution >= 0.6 is 0 Å². The fourth-order valence-corrected chi connectivity index (χ4v) is 4.33. The van der Waals surface area contributed by atoms with E-state index in [0.717, 1.165) is 11.8 Å². The largest absolute Gasteiger partial charge is 0.417 e. The molecule has 0 aliphatic carbocycles. The molecular formula is C25H21F3N4O2. The van der Waals surface area contributed by atoms with E-state index in [0.29, 0.717) is 37.3 Å². The van der Waals surface area contributed by atoms with Gasteiger partial charge in [-0.3, -0.25) is 4.79 Å². The van der Waals surface area contributed by atoms with Gasteiger partial charge in [-0.05, 0) is 31.2 Å². The number of nitrogens with zero attached hydrogens (tertiary/aromatic N) is 4. The van der Waals surface area contributed by atoms with Crippen molar-refractivity contribution in [3.63, 3.8) is 0 Å². The number of fused-ring (bicyclic) bond motifs is 1. The van der Waals surface area contributed by atoms with Crippen molar-refractivity contribution in [2.45, 2.75) is 13.1 Å². The van der Waals surface area contributed by atoms with Crippen molar-refractivity contribution in [1.82, 2.24) is 15.0 Å². The van der Waals surface area contributed by atoms with Crippen LogP contribution in [-0.4, -0.2) is 47.1 Å². The zero-order valence-corrected chi connectivity index (χ0v) is 18.3. The van der Waals surface area contributed by atoms with E-state index in [-0.39, 0.29) is 28.4 Å².